The van der Waals surface area contributed by atoms with Crippen LogP contribution in [0.1, 0.15) is 54.9 Å². The summed E-state index contributed by atoms with van der Waals surface area (Å²) in [5, 5.41) is 0. The molecule has 2 aromatic carbocycles. The van der Waals surface area contributed by atoms with Gasteiger partial charge in [-0.25, -0.2) is 8.42 Å². The smallest absolute Gasteiger partial charge is 0.279 e. The molecule has 0 N–H and O–H groups in total. The minimum Gasteiger partial charge on any atom is -0.495 e. The van der Waals surface area contributed by atoms with E-state index < -0.39 is 15.9 Å². The Hall–Kier alpha value is -2.49. The van der Waals surface area contributed by atoms with Gasteiger partial charge >= 0.3 is 0 Å². The highest BCUT2D eigenvalue weighted by atomic mass is 32.2. The highest BCUT2D eigenvalue weighted by Gasteiger charge is 2.25. The van der Waals surface area contributed by atoms with E-state index in [1.807, 2.05) is 23.6 Å². The number of carbonyl (C=O) groups is 1. The van der Waals surface area contributed by atoms with Crippen LogP contribution >= 0.6 is 11.3 Å². The number of carbonyl (C=O) groups excluding carboxylic acids is 1. The molecule has 182 valence electrons. The molecule has 0 unspecified atom stereocenters. The molecule has 7 nitrogen and oxygen atoms in total. The molecule has 4 rings (SSSR count). The third kappa shape index (κ3) is 4.82. The quantitative estimate of drug-likeness (QED) is 0.489. The molecule has 1 amide bonds. The summed E-state index contributed by atoms with van der Waals surface area (Å²) in [4.78, 5) is 18.3. The summed E-state index contributed by atoms with van der Waals surface area (Å²) in [6.07, 6.45) is 4.76. The van der Waals surface area contributed by atoms with Crippen molar-refractivity contribution in [3.05, 3.63) is 52.3 Å². The Balaban J connectivity index is 1.68. The molecular formula is C25H31N3O4S2. The van der Waals surface area contributed by atoms with E-state index in [9.17, 15) is 13.2 Å². The van der Waals surface area contributed by atoms with Crippen LogP contribution in [-0.2, 0) is 16.6 Å². The number of amides is 1. The minimum absolute atomic E-state index is 0.217. The first-order valence-corrected chi connectivity index (χ1v) is 14.0. The summed E-state index contributed by atoms with van der Waals surface area (Å²) in [6.45, 7) is 5.91. The average Bonchev–Trinajstić information content (AvgIpc) is 3.01. The first-order chi connectivity index (χ1) is 16.4. The molecule has 1 fully saturated rings. The standard InChI is InChI=1S/C25H31N3O4S2/c1-4-15-28-22-21(32-3)14-9-18(2)23(22)33-25(28)26-24(29)19-10-12-20(13-11-19)34(30,31)27-16-7-5-6-8-17-27/h9-14H,4-8,15-17H2,1-3H3. The van der Waals surface area contributed by atoms with E-state index in [0.29, 0.717) is 30.0 Å². The maximum Gasteiger partial charge on any atom is 0.279 e. The molecule has 34 heavy (non-hydrogen) atoms. The van der Waals surface area contributed by atoms with Gasteiger partial charge < -0.3 is 9.30 Å². The van der Waals surface area contributed by atoms with Crippen molar-refractivity contribution in [1.29, 1.82) is 0 Å². The van der Waals surface area contributed by atoms with Crippen LogP contribution in [-0.4, -0.2) is 43.4 Å². The van der Waals surface area contributed by atoms with Crippen LogP contribution in [0.4, 0.5) is 0 Å². The lowest BCUT2D eigenvalue weighted by Gasteiger charge is -2.19. The van der Waals surface area contributed by atoms with E-state index in [1.165, 1.54) is 23.5 Å². The van der Waals surface area contributed by atoms with Crippen LogP contribution in [0.25, 0.3) is 10.2 Å². The normalized spacial score (nSPS) is 16.0. The summed E-state index contributed by atoms with van der Waals surface area (Å²) < 4.78 is 36.2. The van der Waals surface area contributed by atoms with Crippen LogP contribution in [0.2, 0.25) is 0 Å². The van der Waals surface area contributed by atoms with Crippen molar-refractivity contribution >= 4 is 37.5 Å². The monoisotopic (exact) mass is 501 g/mol. The maximum absolute atomic E-state index is 13.0. The SMILES string of the molecule is CCCn1c(=NC(=O)c2ccc(S(=O)(=O)N3CCCCCC3)cc2)sc2c(C)ccc(OC)c21. The number of methoxy groups -OCH3 is 1. The van der Waals surface area contributed by atoms with E-state index >= 15 is 0 Å². The zero-order valence-corrected chi connectivity index (χ0v) is 21.5. The first kappa shape index (κ1) is 24.6. The molecule has 0 bridgehead atoms. The van der Waals surface area contributed by atoms with Gasteiger partial charge in [-0.2, -0.15) is 9.30 Å². The van der Waals surface area contributed by atoms with Gasteiger partial charge in [0.2, 0.25) is 10.0 Å². The molecule has 0 radical (unpaired) electrons. The molecule has 0 saturated carbocycles. The fraction of sp³-hybridized carbons (Fsp3) is 0.440. The third-order valence-corrected chi connectivity index (χ3v) is 9.28. The van der Waals surface area contributed by atoms with Crippen molar-refractivity contribution in [3.8, 4) is 5.75 Å². The second-order valence-electron chi connectivity index (χ2n) is 8.56. The van der Waals surface area contributed by atoms with Gasteiger partial charge in [0.25, 0.3) is 5.91 Å². The van der Waals surface area contributed by atoms with E-state index in [1.54, 1.807) is 23.5 Å². The number of ether oxygens (including phenoxy) is 1. The molecule has 2 heterocycles. The van der Waals surface area contributed by atoms with Crippen LogP contribution in [0.5, 0.6) is 5.75 Å². The fourth-order valence-electron chi connectivity index (χ4n) is 4.31. The van der Waals surface area contributed by atoms with Crippen molar-refractivity contribution in [2.75, 3.05) is 20.2 Å². The van der Waals surface area contributed by atoms with Gasteiger partial charge in [0, 0.05) is 25.2 Å². The lowest BCUT2D eigenvalue weighted by molar-refractivity contribution is 0.0997. The number of benzene rings is 2. The van der Waals surface area contributed by atoms with Gasteiger partial charge in [-0.1, -0.05) is 37.2 Å². The van der Waals surface area contributed by atoms with Crippen LogP contribution in [0, 0.1) is 6.92 Å². The number of thiazole rings is 1. The first-order valence-electron chi connectivity index (χ1n) is 11.7. The Morgan fingerprint density at radius 1 is 1.06 bits per heavy atom. The van der Waals surface area contributed by atoms with E-state index in [4.69, 9.17) is 4.74 Å². The number of aryl methyl sites for hydroxylation is 2. The number of fused-ring (bicyclic) bond motifs is 1. The van der Waals surface area contributed by atoms with E-state index in [2.05, 4.69) is 11.9 Å². The van der Waals surface area contributed by atoms with Gasteiger partial charge in [-0.15, -0.1) is 0 Å². The van der Waals surface area contributed by atoms with Crippen molar-refractivity contribution in [3.63, 3.8) is 0 Å². The second kappa shape index (κ2) is 10.4. The predicted octanol–water partition coefficient (Wildman–Crippen LogP) is 4.74. The highest BCUT2D eigenvalue weighted by Crippen LogP contribution is 2.30. The summed E-state index contributed by atoms with van der Waals surface area (Å²) in [7, 11) is -1.91. The topological polar surface area (TPSA) is 81.0 Å². The Morgan fingerprint density at radius 3 is 2.35 bits per heavy atom. The number of rotatable bonds is 6. The fourth-order valence-corrected chi connectivity index (χ4v) is 6.97. The summed E-state index contributed by atoms with van der Waals surface area (Å²) in [5.74, 6) is 0.356. The molecule has 0 spiro atoms. The van der Waals surface area contributed by atoms with E-state index in [-0.39, 0.29) is 4.90 Å². The molecule has 1 aromatic heterocycles. The van der Waals surface area contributed by atoms with E-state index in [0.717, 1.165) is 53.6 Å². The summed E-state index contributed by atoms with van der Waals surface area (Å²) in [6, 6.07) is 10.1. The van der Waals surface area contributed by atoms with Crippen LogP contribution < -0.4 is 9.54 Å². The molecule has 9 heteroatoms. The second-order valence-corrected chi connectivity index (χ2v) is 11.5. The largest absolute Gasteiger partial charge is 0.495 e. The highest BCUT2D eigenvalue weighted by molar-refractivity contribution is 7.89. The zero-order chi connectivity index (χ0) is 24.3. The summed E-state index contributed by atoms with van der Waals surface area (Å²) in [5.41, 5.74) is 2.40. The Bertz CT molecular complexity index is 1350. The van der Waals surface area contributed by atoms with Gasteiger partial charge in [0.15, 0.2) is 4.80 Å². The lowest BCUT2D eigenvalue weighted by atomic mass is 10.2. The number of hydrogen-bond donors (Lipinski definition) is 0. The van der Waals surface area contributed by atoms with Gasteiger partial charge in [0.1, 0.15) is 11.3 Å². The summed E-state index contributed by atoms with van der Waals surface area (Å²) >= 11 is 1.46. The zero-order valence-electron chi connectivity index (χ0n) is 19.9. The van der Waals surface area contributed by atoms with Gasteiger partial charge in [0.05, 0.1) is 16.7 Å². The Morgan fingerprint density at radius 2 is 1.74 bits per heavy atom. The number of nitrogens with zero attached hydrogens (tertiary/aromatic N) is 3. The number of sulfonamides is 1. The number of aromatic nitrogens is 1. The minimum atomic E-state index is -3.56. The van der Waals surface area contributed by atoms with Crippen LogP contribution in [0.3, 0.4) is 0 Å². The lowest BCUT2D eigenvalue weighted by Crippen LogP contribution is -2.31. The molecule has 1 saturated heterocycles. The molecule has 1 aliphatic rings. The molecule has 0 aliphatic carbocycles. The molecule has 1 aliphatic heterocycles. The van der Waals surface area contributed by atoms with Crippen molar-refractivity contribution in [2.24, 2.45) is 4.99 Å². The number of hydrogen-bond acceptors (Lipinski definition) is 5. The van der Waals surface area contributed by atoms with Crippen LogP contribution in [0.15, 0.2) is 46.3 Å². The van der Waals surface area contributed by atoms with Crippen molar-refractivity contribution < 1.29 is 17.9 Å². The van der Waals surface area contributed by atoms with Gasteiger partial charge in [-0.3, -0.25) is 4.79 Å². The molecule has 0 atom stereocenters. The molecular weight excluding hydrogens is 470 g/mol. The Kier molecular flexibility index (Phi) is 7.54. The predicted molar refractivity (Wildman–Crippen MR) is 135 cm³/mol. The average molecular weight is 502 g/mol. The van der Waals surface area contributed by atoms with Crippen molar-refractivity contribution in [1.82, 2.24) is 8.87 Å². The Labute approximate surface area is 204 Å². The maximum atomic E-state index is 13.0. The van der Waals surface area contributed by atoms with Crippen molar-refractivity contribution in [2.45, 2.75) is 57.4 Å². The molecule has 3 aromatic rings. The van der Waals surface area contributed by atoms with Gasteiger partial charge in [-0.05, 0) is 62.1 Å². The third-order valence-electron chi connectivity index (χ3n) is 6.15.